The number of rotatable bonds is 8. The van der Waals surface area contributed by atoms with Crippen molar-refractivity contribution in [2.45, 2.75) is 57.9 Å². The zero-order valence-electron chi connectivity index (χ0n) is 21.4. The van der Waals surface area contributed by atoms with Crippen LogP contribution < -0.4 is 5.32 Å². The van der Waals surface area contributed by atoms with E-state index in [-0.39, 0.29) is 23.6 Å². The summed E-state index contributed by atoms with van der Waals surface area (Å²) in [5, 5.41) is 3.06. The molecule has 1 aromatic carbocycles. The predicted molar refractivity (Wildman–Crippen MR) is 137 cm³/mol. The van der Waals surface area contributed by atoms with Gasteiger partial charge in [-0.25, -0.2) is 0 Å². The number of piperidine rings is 2. The number of carbonyl (C=O) groups is 3. The summed E-state index contributed by atoms with van der Waals surface area (Å²) in [6.45, 7) is 5.16. The second-order valence-corrected chi connectivity index (χ2v) is 11.4. The highest BCUT2D eigenvalue weighted by Gasteiger charge is 2.44. The van der Waals surface area contributed by atoms with E-state index in [1.54, 1.807) is 0 Å². The van der Waals surface area contributed by atoms with Gasteiger partial charge in [0.2, 0.25) is 17.7 Å². The molecule has 1 N–H and O–H groups in total. The van der Waals surface area contributed by atoms with E-state index in [0.29, 0.717) is 56.1 Å². The fraction of sp³-hybridized carbons (Fsp3) is 0.690. The largest absolute Gasteiger partial charge is 0.381 e. The van der Waals surface area contributed by atoms with Crippen LogP contribution in [0.1, 0.15) is 56.9 Å². The SMILES string of the molecule is O=C(NCc1ccccc1)C1CCN(C(=O)CC2C3CCC2CN(C(=O)CCC2CCOC2)C3)CC1. The molecule has 1 aliphatic carbocycles. The average molecular weight is 496 g/mol. The average Bonchev–Trinajstić information content (AvgIpc) is 3.51. The molecule has 4 fully saturated rings. The number of fused-ring (bicyclic) bond motifs is 2. The van der Waals surface area contributed by atoms with Crippen LogP contribution in [0.15, 0.2) is 30.3 Å². The summed E-state index contributed by atoms with van der Waals surface area (Å²) in [4.78, 5) is 42.7. The summed E-state index contributed by atoms with van der Waals surface area (Å²) in [6, 6.07) is 9.96. The molecular formula is C29H41N3O4. The minimum atomic E-state index is -0.0148. The summed E-state index contributed by atoms with van der Waals surface area (Å²) in [6.07, 6.45) is 6.98. The van der Waals surface area contributed by atoms with Gasteiger partial charge >= 0.3 is 0 Å². The van der Waals surface area contributed by atoms with Crippen molar-refractivity contribution in [1.29, 1.82) is 0 Å². The lowest BCUT2D eigenvalue weighted by Crippen LogP contribution is -2.47. The number of nitrogens with one attached hydrogen (secondary N) is 1. The number of hydrogen-bond donors (Lipinski definition) is 1. The van der Waals surface area contributed by atoms with Crippen LogP contribution in [0.5, 0.6) is 0 Å². The number of hydrogen-bond acceptors (Lipinski definition) is 4. The number of benzene rings is 1. The molecule has 1 saturated carbocycles. The molecule has 3 unspecified atom stereocenters. The van der Waals surface area contributed by atoms with Crippen LogP contribution >= 0.6 is 0 Å². The van der Waals surface area contributed by atoms with Crippen molar-refractivity contribution in [2.75, 3.05) is 39.4 Å². The Bertz CT molecular complexity index is 894. The maximum absolute atomic E-state index is 13.2. The first kappa shape index (κ1) is 25.2. The number of nitrogens with zero attached hydrogens (tertiary/aromatic N) is 2. The van der Waals surface area contributed by atoms with E-state index in [0.717, 1.165) is 70.4 Å². The van der Waals surface area contributed by atoms with Gasteiger partial charge in [0, 0.05) is 64.7 Å². The van der Waals surface area contributed by atoms with Crippen molar-refractivity contribution in [2.24, 2.45) is 29.6 Å². The van der Waals surface area contributed by atoms with E-state index in [2.05, 4.69) is 10.2 Å². The minimum Gasteiger partial charge on any atom is -0.381 e. The summed E-state index contributed by atoms with van der Waals surface area (Å²) in [5.74, 6) is 2.45. The second-order valence-electron chi connectivity index (χ2n) is 11.4. The van der Waals surface area contributed by atoms with Gasteiger partial charge < -0.3 is 19.9 Å². The molecule has 4 aliphatic rings. The molecule has 0 radical (unpaired) electrons. The fourth-order valence-electron chi connectivity index (χ4n) is 6.82. The van der Waals surface area contributed by atoms with Crippen LogP contribution in [-0.4, -0.2) is 66.9 Å². The summed E-state index contributed by atoms with van der Waals surface area (Å²) in [7, 11) is 0. The van der Waals surface area contributed by atoms with Gasteiger partial charge in [-0.05, 0) is 67.8 Å². The zero-order valence-corrected chi connectivity index (χ0v) is 21.4. The third kappa shape index (κ3) is 6.10. The summed E-state index contributed by atoms with van der Waals surface area (Å²) < 4.78 is 5.44. The van der Waals surface area contributed by atoms with Crippen LogP contribution in [0.4, 0.5) is 0 Å². The van der Waals surface area contributed by atoms with E-state index >= 15 is 0 Å². The van der Waals surface area contributed by atoms with Gasteiger partial charge in [-0.2, -0.15) is 0 Å². The van der Waals surface area contributed by atoms with E-state index in [1.165, 1.54) is 0 Å². The van der Waals surface area contributed by atoms with Crippen LogP contribution in [0.2, 0.25) is 0 Å². The quantitative estimate of drug-likeness (QED) is 0.601. The zero-order chi connectivity index (χ0) is 24.9. The maximum atomic E-state index is 13.2. The van der Waals surface area contributed by atoms with E-state index in [1.807, 2.05) is 35.2 Å². The highest BCUT2D eigenvalue weighted by molar-refractivity contribution is 5.80. The minimum absolute atomic E-state index is 0.0148. The van der Waals surface area contributed by atoms with E-state index < -0.39 is 0 Å². The Morgan fingerprint density at radius 1 is 0.889 bits per heavy atom. The molecule has 196 valence electrons. The van der Waals surface area contributed by atoms with Crippen LogP contribution in [0, 0.1) is 29.6 Å². The Morgan fingerprint density at radius 2 is 1.61 bits per heavy atom. The summed E-state index contributed by atoms with van der Waals surface area (Å²) in [5.41, 5.74) is 1.10. The molecule has 3 amide bonds. The fourth-order valence-corrected chi connectivity index (χ4v) is 6.82. The van der Waals surface area contributed by atoms with E-state index in [9.17, 15) is 14.4 Å². The molecule has 1 aromatic rings. The first-order valence-corrected chi connectivity index (χ1v) is 14.0. The van der Waals surface area contributed by atoms with Gasteiger partial charge in [0.15, 0.2) is 0 Å². The number of carbonyl (C=O) groups excluding carboxylic acids is 3. The summed E-state index contributed by atoms with van der Waals surface area (Å²) >= 11 is 0. The Balaban J connectivity index is 1.04. The standard InChI is InChI=1S/C29H41N3O4/c33-27(9-6-22-12-15-36-20-22)32-18-24-7-8-25(19-32)26(24)16-28(34)31-13-10-23(11-14-31)29(35)30-17-21-4-2-1-3-5-21/h1-5,22-26H,6-20H2,(H,30,35). The van der Waals surface area contributed by atoms with Crippen LogP contribution in [-0.2, 0) is 25.7 Å². The monoisotopic (exact) mass is 495 g/mol. The van der Waals surface area contributed by atoms with Crippen molar-refractivity contribution in [3.05, 3.63) is 35.9 Å². The molecule has 7 nitrogen and oxygen atoms in total. The normalized spacial score (nSPS) is 28.3. The van der Waals surface area contributed by atoms with E-state index in [4.69, 9.17) is 4.74 Å². The topological polar surface area (TPSA) is 79.0 Å². The smallest absolute Gasteiger partial charge is 0.223 e. The van der Waals surface area contributed by atoms with Gasteiger partial charge in [-0.15, -0.1) is 0 Å². The lowest BCUT2D eigenvalue weighted by Gasteiger charge is -2.39. The Hall–Kier alpha value is -2.41. The Morgan fingerprint density at radius 3 is 2.28 bits per heavy atom. The van der Waals surface area contributed by atoms with Gasteiger partial charge in [-0.1, -0.05) is 30.3 Å². The lowest BCUT2D eigenvalue weighted by atomic mass is 9.82. The maximum Gasteiger partial charge on any atom is 0.223 e. The van der Waals surface area contributed by atoms with Crippen molar-refractivity contribution in [1.82, 2.24) is 15.1 Å². The highest BCUT2D eigenvalue weighted by Crippen LogP contribution is 2.44. The molecule has 3 heterocycles. The second kappa shape index (κ2) is 11.8. The number of amides is 3. The van der Waals surface area contributed by atoms with Crippen LogP contribution in [0.25, 0.3) is 0 Å². The number of likely N-dealkylation sites (tertiary alicyclic amines) is 2. The van der Waals surface area contributed by atoms with Crippen molar-refractivity contribution in [3.8, 4) is 0 Å². The first-order valence-electron chi connectivity index (χ1n) is 14.0. The molecule has 2 bridgehead atoms. The molecule has 3 atom stereocenters. The molecule has 36 heavy (non-hydrogen) atoms. The predicted octanol–water partition coefficient (Wildman–Crippen LogP) is 3.23. The lowest BCUT2D eigenvalue weighted by molar-refractivity contribution is -0.139. The van der Waals surface area contributed by atoms with Crippen LogP contribution in [0.3, 0.4) is 0 Å². The van der Waals surface area contributed by atoms with Gasteiger partial charge in [0.25, 0.3) is 0 Å². The van der Waals surface area contributed by atoms with Crippen molar-refractivity contribution >= 4 is 17.7 Å². The molecular weight excluding hydrogens is 454 g/mol. The van der Waals surface area contributed by atoms with Crippen molar-refractivity contribution in [3.63, 3.8) is 0 Å². The first-order chi connectivity index (χ1) is 17.6. The third-order valence-corrected chi connectivity index (χ3v) is 9.11. The molecule has 0 spiro atoms. The van der Waals surface area contributed by atoms with Gasteiger partial charge in [0.1, 0.15) is 0 Å². The molecule has 7 heteroatoms. The third-order valence-electron chi connectivity index (χ3n) is 9.11. The molecule has 3 saturated heterocycles. The van der Waals surface area contributed by atoms with Gasteiger partial charge in [-0.3, -0.25) is 14.4 Å². The van der Waals surface area contributed by atoms with Crippen molar-refractivity contribution < 1.29 is 19.1 Å². The molecule has 0 aromatic heterocycles. The Kier molecular flexibility index (Phi) is 8.25. The number of ether oxygens (including phenoxy) is 1. The highest BCUT2D eigenvalue weighted by atomic mass is 16.5. The molecule has 5 rings (SSSR count). The Labute approximate surface area is 214 Å². The van der Waals surface area contributed by atoms with Gasteiger partial charge in [0.05, 0.1) is 0 Å². The molecule has 3 aliphatic heterocycles.